The van der Waals surface area contributed by atoms with Gasteiger partial charge in [-0.25, -0.2) is 4.39 Å². The van der Waals surface area contributed by atoms with Gasteiger partial charge in [-0.3, -0.25) is 4.79 Å². The molecule has 2 heterocycles. The van der Waals surface area contributed by atoms with Gasteiger partial charge in [0, 0.05) is 30.1 Å². The summed E-state index contributed by atoms with van der Waals surface area (Å²) in [4.78, 5) is 18.6. The SMILES string of the molecule is CCOc1ccc(-c2nc(C3CC(=O)N(c4ccc(F)cc4)C3)no2)cc1OCC. The van der Waals surface area contributed by atoms with E-state index < -0.39 is 0 Å². The van der Waals surface area contributed by atoms with Crippen LogP contribution in [0, 0.1) is 5.82 Å². The minimum atomic E-state index is -0.341. The average Bonchev–Trinajstić information content (AvgIpc) is 3.37. The van der Waals surface area contributed by atoms with Crippen molar-refractivity contribution in [2.45, 2.75) is 26.2 Å². The number of benzene rings is 2. The molecule has 30 heavy (non-hydrogen) atoms. The zero-order chi connectivity index (χ0) is 21.1. The van der Waals surface area contributed by atoms with E-state index in [9.17, 15) is 9.18 Å². The van der Waals surface area contributed by atoms with Crippen LogP contribution < -0.4 is 14.4 Å². The standard InChI is InChI=1S/C22H22FN3O4/c1-3-28-18-10-5-14(11-19(18)29-4-2)22-24-21(25-30-22)15-12-20(27)26(13-15)17-8-6-16(23)7-9-17/h5-11,15H,3-4,12-13H2,1-2H3. The van der Waals surface area contributed by atoms with E-state index in [4.69, 9.17) is 14.0 Å². The van der Waals surface area contributed by atoms with E-state index in [2.05, 4.69) is 10.1 Å². The molecule has 0 saturated carbocycles. The number of carbonyl (C=O) groups is 1. The average molecular weight is 411 g/mol. The monoisotopic (exact) mass is 411 g/mol. The molecule has 0 bridgehead atoms. The highest BCUT2D eigenvalue weighted by Gasteiger charge is 2.34. The molecule has 2 aromatic carbocycles. The third kappa shape index (κ3) is 3.98. The van der Waals surface area contributed by atoms with Crippen LogP contribution in [-0.2, 0) is 4.79 Å². The highest BCUT2D eigenvalue weighted by Crippen LogP contribution is 2.34. The number of hydrogen-bond donors (Lipinski definition) is 0. The van der Waals surface area contributed by atoms with Gasteiger partial charge in [0.1, 0.15) is 5.82 Å². The zero-order valence-electron chi connectivity index (χ0n) is 16.8. The maximum Gasteiger partial charge on any atom is 0.258 e. The number of carbonyl (C=O) groups excluding carboxylic acids is 1. The summed E-state index contributed by atoms with van der Waals surface area (Å²) in [5, 5.41) is 4.09. The fourth-order valence-electron chi connectivity index (χ4n) is 3.45. The minimum absolute atomic E-state index is 0.0577. The van der Waals surface area contributed by atoms with Crippen molar-refractivity contribution >= 4 is 11.6 Å². The molecule has 1 unspecified atom stereocenters. The van der Waals surface area contributed by atoms with Gasteiger partial charge in [0.25, 0.3) is 5.89 Å². The summed E-state index contributed by atoms with van der Waals surface area (Å²) >= 11 is 0. The molecule has 1 saturated heterocycles. The summed E-state index contributed by atoms with van der Waals surface area (Å²) in [7, 11) is 0. The Morgan fingerprint density at radius 1 is 1.10 bits per heavy atom. The van der Waals surface area contributed by atoms with Crippen LogP contribution in [0.3, 0.4) is 0 Å². The summed E-state index contributed by atoms with van der Waals surface area (Å²) in [5.41, 5.74) is 1.36. The molecule has 1 aliphatic rings. The van der Waals surface area contributed by atoms with Crippen LogP contribution in [-0.4, -0.2) is 35.8 Å². The topological polar surface area (TPSA) is 77.7 Å². The van der Waals surface area contributed by atoms with Gasteiger partial charge < -0.3 is 18.9 Å². The molecule has 0 N–H and O–H groups in total. The lowest BCUT2D eigenvalue weighted by atomic mass is 10.1. The maximum absolute atomic E-state index is 13.2. The molecule has 1 aromatic heterocycles. The van der Waals surface area contributed by atoms with Crippen LogP contribution in [0.25, 0.3) is 11.5 Å². The van der Waals surface area contributed by atoms with Crippen LogP contribution in [0.2, 0.25) is 0 Å². The molecule has 0 spiro atoms. The Balaban J connectivity index is 1.54. The molecular formula is C22H22FN3O4. The largest absolute Gasteiger partial charge is 0.490 e. The Hall–Kier alpha value is -3.42. The van der Waals surface area contributed by atoms with Crippen molar-refractivity contribution in [3.05, 3.63) is 54.1 Å². The number of ether oxygens (including phenoxy) is 2. The third-order valence-corrected chi connectivity index (χ3v) is 4.86. The van der Waals surface area contributed by atoms with Gasteiger partial charge in [0.15, 0.2) is 17.3 Å². The fraction of sp³-hybridized carbons (Fsp3) is 0.318. The van der Waals surface area contributed by atoms with E-state index in [-0.39, 0.29) is 24.1 Å². The molecule has 4 rings (SSSR count). The highest BCUT2D eigenvalue weighted by atomic mass is 19.1. The summed E-state index contributed by atoms with van der Waals surface area (Å²) in [6, 6.07) is 11.3. The first-order chi connectivity index (χ1) is 14.6. The second-order valence-corrected chi connectivity index (χ2v) is 6.87. The van der Waals surface area contributed by atoms with Crippen LogP contribution >= 0.6 is 0 Å². The van der Waals surface area contributed by atoms with Gasteiger partial charge in [0.05, 0.1) is 13.2 Å². The van der Waals surface area contributed by atoms with E-state index in [0.29, 0.717) is 54.2 Å². The molecule has 156 valence electrons. The van der Waals surface area contributed by atoms with Gasteiger partial charge in [-0.1, -0.05) is 5.16 Å². The van der Waals surface area contributed by atoms with Crippen molar-refractivity contribution < 1.29 is 23.2 Å². The summed E-state index contributed by atoms with van der Waals surface area (Å²) in [6.45, 7) is 5.26. The molecule has 7 nitrogen and oxygen atoms in total. The number of aromatic nitrogens is 2. The van der Waals surface area contributed by atoms with Gasteiger partial charge >= 0.3 is 0 Å². The Bertz CT molecular complexity index is 1040. The van der Waals surface area contributed by atoms with Crippen molar-refractivity contribution in [1.82, 2.24) is 10.1 Å². The van der Waals surface area contributed by atoms with Gasteiger partial charge in [-0.05, 0) is 56.3 Å². The number of anilines is 1. The Morgan fingerprint density at radius 3 is 2.57 bits per heavy atom. The number of nitrogens with zero attached hydrogens (tertiary/aromatic N) is 3. The molecular weight excluding hydrogens is 389 g/mol. The van der Waals surface area contributed by atoms with E-state index in [1.165, 1.54) is 12.1 Å². The zero-order valence-corrected chi connectivity index (χ0v) is 16.8. The second kappa shape index (κ2) is 8.52. The van der Waals surface area contributed by atoms with Gasteiger partial charge in [-0.15, -0.1) is 0 Å². The van der Waals surface area contributed by atoms with Crippen LogP contribution in [0.15, 0.2) is 47.0 Å². The number of halogens is 1. The molecule has 0 aliphatic carbocycles. The van der Waals surface area contributed by atoms with Crippen molar-refractivity contribution in [3.8, 4) is 23.0 Å². The maximum atomic E-state index is 13.2. The van der Waals surface area contributed by atoms with E-state index in [1.807, 2.05) is 26.0 Å². The van der Waals surface area contributed by atoms with Crippen molar-refractivity contribution in [2.24, 2.45) is 0 Å². The first kappa shape index (κ1) is 19.9. The minimum Gasteiger partial charge on any atom is -0.490 e. The third-order valence-electron chi connectivity index (χ3n) is 4.86. The van der Waals surface area contributed by atoms with Crippen molar-refractivity contribution in [3.63, 3.8) is 0 Å². The van der Waals surface area contributed by atoms with Crippen LogP contribution in [0.1, 0.15) is 32.0 Å². The highest BCUT2D eigenvalue weighted by molar-refractivity contribution is 5.96. The van der Waals surface area contributed by atoms with Gasteiger partial charge in [0.2, 0.25) is 5.91 Å². The smallest absolute Gasteiger partial charge is 0.258 e. The number of amides is 1. The molecule has 1 fully saturated rings. The predicted molar refractivity (Wildman–Crippen MR) is 108 cm³/mol. The number of hydrogen-bond acceptors (Lipinski definition) is 6. The van der Waals surface area contributed by atoms with E-state index in [0.717, 1.165) is 0 Å². The molecule has 1 aliphatic heterocycles. The molecule has 3 aromatic rings. The lowest BCUT2D eigenvalue weighted by Gasteiger charge is -2.15. The lowest BCUT2D eigenvalue weighted by Crippen LogP contribution is -2.24. The summed E-state index contributed by atoms with van der Waals surface area (Å²) in [5.74, 6) is 1.48. The van der Waals surface area contributed by atoms with E-state index in [1.54, 1.807) is 23.1 Å². The first-order valence-corrected chi connectivity index (χ1v) is 9.88. The van der Waals surface area contributed by atoms with Gasteiger partial charge in [-0.2, -0.15) is 4.98 Å². The van der Waals surface area contributed by atoms with Crippen molar-refractivity contribution in [2.75, 3.05) is 24.7 Å². The lowest BCUT2D eigenvalue weighted by molar-refractivity contribution is -0.117. The normalized spacial score (nSPS) is 16.2. The molecule has 8 heteroatoms. The van der Waals surface area contributed by atoms with Crippen LogP contribution in [0.5, 0.6) is 11.5 Å². The van der Waals surface area contributed by atoms with Crippen LogP contribution in [0.4, 0.5) is 10.1 Å². The van der Waals surface area contributed by atoms with E-state index >= 15 is 0 Å². The Kier molecular flexibility index (Phi) is 5.65. The molecule has 1 atom stereocenters. The predicted octanol–water partition coefficient (Wildman–Crippen LogP) is 4.19. The molecule has 1 amide bonds. The fourth-order valence-corrected chi connectivity index (χ4v) is 3.45. The Morgan fingerprint density at radius 2 is 1.83 bits per heavy atom. The summed E-state index contributed by atoms with van der Waals surface area (Å²) in [6.07, 6.45) is 0.268. The Labute approximate surface area is 173 Å². The number of rotatable bonds is 7. The first-order valence-electron chi connectivity index (χ1n) is 9.88. The quantitative estimate of drug-likeness (QED) is 0.580. The molecule has 0 radical (unpaired) electrons. The summed E-state index contributed by atoms with van der Waals surface area (Å²) < 4.78 is 29.9. The van der Waals surface area contributed by atoms with Crippen molar-refractivity contribution in [1.29, 1.82) is 0 Å². The second-order valence-electron chi connectivity index (χ2n) is 6.87.